The SMILES string of the molecule is O=C(NCCCN1C(=O)NC2(CCCC2)C1=O)c1ccccc1Br. The normalized spacial score (nSPS) is 19.0. The van der Waals surface area contributed by atoms with Gasteiger partial charge in [0.15, 0.2) is 0 Å². The van der Waals surface area contributed by atoms with Crippen molar-refractivity contribution in [1.82, 2.24) is 15.5 Å². The van der Waals surface area contributed by atoms with E-state index < -0.39 is 5.54 Å². The van der Waals surface area contributed by atoms with Crippen LogP contribution in [0.15, 0.2) is 28.7 Å². The molecule has 1 aromatic carbocycles. The first-order chi connectivity index (χ1) is 11.5. The summed E-state index contributed by atoms with van der Waals surface area (Å²) in [4.78, 5) is 37.9. The molecule has 1 saturated heterocycles. The van der Waals surface area contributed by atoms with E-state index in [1.54, 1.807) is 12.1 Å². The predicted octanol–water partition coefficient (Wildman–Crippen LogP) is 2.43. The summed E-state index contributed by atoms with van der Waals surface area (Å²) in [6.45, 7) is 0.729. The minimum absolute atomic E-state index is 0.109. The van der Waals surface area contributed by atoms with Gasteiger partial charge >= 0.3 is 6.03 Å². The van der Waals surface area contributed by atoms with Crippen LogP contribution in [0.2, 0.25) is 0 Å². The number of benzene rings is 1. The number of carbonyl (C=O) groups is 3. The second-order valence-corrected chi connectivity index (χ2v) is 7.12. The smallest absolute Gasteiger partial charge is 0.325 e. The Morgan fingerprint density at radius 1 is 1.25 bits per heavy atom. The van der Waals surface area contributed by atoms with Crippen molar-refractivity contribution < 1.29 is 14.4 Å². The highest BCUT2D eigenvalue weighted by molar-refractivity contribution is 9.10. The molecule has 7 heteroatoms. The Bertz CT molecular complexity index is 671. The van der Waals surface area contributed by atoms with Crippen LogP contribution in [0.25, 0.3) is 0 Å². The van der Waals surface area contributed by atoms with Crippen molar-refractivity contribution in [3.63, 3.8) is 0 Å². The molecule has 3 rings (SSSR count). The summed E-state index contributed by atoms with van der Waals surface area (Å²) in [6, 6.07) is 6.88. The van der Waals surface area contributed by atoms with Gasteiger partial charge in [-0.1, -0.05) is 25.0 Å². The van der Waals surface area contributed by atoms with Crippen molar-refractivity contribution in [2.75, 3.05) is 13.1 Å². The number of nitrogens with one attached hydrogen (secondary N) is 2. The molecule has 0 aromatic heterocycles. The largest absolute Gasteiger partial charge is 0.352 e. The van der Waals surface area contributed by atoms with Gasteiger partial charge in [-0.15, -0.1) is 0 Å². The molecule has 6 nitrogen and oxygen atoms in total. The molecule has 0 atom stereocenters. The van der Waals surface area contributed by atoms with E-state index in [-0.39, 0.29) is 17.8 Å². The van der Waals surface area contributed by atoms with Gasteiger partial charge in [0.25, 0.3) is 11.8 Å². The lowest BCUT2D eigenvalue weighted by molar-refractivity contribution is -0.131. The lowest BCUT2D eigenvalue weighted by Crippen LogP contribution is -2.44. The van der Waals surface area contributed by atoms with Crippen LogP contribution in [0.3, 0.4) is 0 Å². The minimum Gasteiger partial charge on any atom is -0.352 e. The standard InChI is InChI=1S/C17H20BrN3O3/c18-13-7-2-1-6-12(13)14(22)19-10-5-11-21-15(23)17(20-16(21)24)8-3-4-9-17/h1-2,6-7H,3-5,8-11H2,(H,19,22)(H,20,24). The van der Waals surface area contributed by atoms with Gasteiger partial charge in [0.05, 0.1) is 5.56 Å². The van der Waals surface area contributed by atoms with Crippen LogP contribution < -0.4 is 10.6 Å². The molecule has 0 radical (unpaired) electrons. The average molecular weight is 394 g/mol. The van der Waals surface area contributed by atoms with E-state index in [0.717, 1.165) is 30.2 Å². The number of hydrogen-bond donors (Lipinski definition) is 2. The zero-order valence-corrected chi connectivity index (χ0v) is 14.9. The van der Waals surface area contributed by atoms with E-state index in [1.165, 1.54) is 4.90 Å². The molecule has 24 heavy (non-hydrogen) atoms. The molecular formula is C17H20BrN3O3. The molecular weight excluding hydrogens is 374 g/mol. The Morgan fingerprint density at radius 3 is 2.67 bits per heavy atom. The molecule has 0 unspecified atom stereocenters. The predicted molar refractivity (Wildman–Crippen MR) is 92.5 cm³/mol. The first kappa shape index (κ1) is 17.0. The summed E-state index contributed by atoms with van der Waals surface area (Å²) in [5.41, 5.74) is -0.0905. The third kappa shape index (κ3) is 3.17. The number of carbonyl (C=O) groups excluding carboxylic acids is 3. The van der Waals surface area contributed by atoms with Crippen LogP contribution in [-0.4, -0.2) is 41.4 Å². The molecule has 4 amide bonds. The van der Waals surface area contributed by atoms with Crippen molar-refractivity contribution in [3.05, 3.63) is 34.3 Å². The monoisotopic (exact) mass is 393 g/mol. The number of amides is 4. The number of nitrogens with zero attached hydrogens (tertiary/aromatic N) is 1. The molecule has 1 aliphatic heterocycles. The molecule has 1 aromatic rings. The first-order valence-corrected chi connectivity index (χ1v) is 9.00. The van der Waals surface area contributed by atoms with E-state index >= 15 is 0 Å². The quantitative estimate of drug-likeness (QED) is 0.595. The molecule has 1 aliphatic carbocycles. The van der Waals surface area contributed by atoms with E-state index in [2.05, 4.69) is 26.6 Å². The van der Waals surface area contributed by atoms with Crippen LogP contribution in [0, 0.1) is 0 Å². The van der Waals surface area contributed by atoms with E-state index in [1.807, 2.05) is 12.1 Å². The number of imide groups is 1. The summed E-state index contributed by atoms with van der Waals surface area (Å²) in [5, 5.41) is 5.67. The second-order valence-electron chi connectivity index (χ2n) is 6.27. The number of urea groups is 1. The van der Waals surface area contributed by atoms with Gasteiger partial charge in [-0.25, -0.2) is 4.79 Å². The Morgan fingerprint density at radius 2 is 1.96 bits per heavy atom. The topological polar surface area (TPSA) is 78.5 Å². The van der Waals surface area contributed by atoms with E-state index in [9.17, 15) is 14.4 Å². The molecule has 2 aliphatic rings. The van der Waals surface area contributed by atoms with Crippen LogP contribution in [0.1, 0.15) is 42.5 Å². The van der Waals surface area contributed by atoms with Gasteiger partial charge in [0, 0.05) is 17.6 Å². The molecule has 1 saturated carbocycles. The van der Waals surface area contributed by atoms with Crippen LogP contribution in [0.5, 0.6) is 0 Å². The highest BCUT2D eigenvalue weighted by Crippen LogP contribution is 2.34. The Balaban J connectivity index is 1.48. The lowest BCUT2D eigenvalue weighted by Gasteiger charge is -2.20. The fraction of sp³-hybridized carbons (Fsp3) is 0.471. The maximum atomic E-state index is 12.5. The van der Waals surface area contributed by atoms with Crippen LogP contribution >= 0.6 is 15.9 Å². The minimum atomic E-state index is -0.658. The number of halogens is 1. The lowest BCUT2D eigenvalue weighted by atomic mass is 9.98. The number of rotatable bonds is 5. The zero-order valence-electron chi connectivity index (χ0n) is 13.3. The van der Waals surface area contributed by atoms with E-state index in [0.29, 0.717) is 25.1 Å². The van der Waals surface area contributed by atoms with Gasteiger partial charge in [0.2, 0.25) is 0 Å². The number of hydrogen-bond acceptors (Lipinski definition) is 3. The summed E-state index contributed by atoms with van der Waals surface area (Å²) in [7, 11) is 0. The van der Waals surface area contributed by atoms with Crippen LogP contribution in [0.4, 0.5) is 4.79 Å². The summed E-state index contributed by atoms with van der Waals surface area (Å²) in [6.07, 6.45) is 3.94. The Labute approximate surface area is 149 Å². The van der Waals surface area contributed by atoms with Crippen molar-refractivity contribution in [2.24, 2.45) is 0 Å². The van der Waals surface area contributed by atoms with Gasteiger partial charge in [-0.2, -0.15) is 0 Å². The molecule has 1 heterocycles. The van der Waals surface area contributed by atoms with Gasteiger partial charge in [-0.05, 0) is 47.3 Å². The van der Waals surface area contributed by atoms with Crippen molar-refractivity contribution in [3.8, 4) is 0 Å². The first-order valence-electron chi connectivity index (χ1n) is 8.20. The fourth-order valence-electron chi connectivity index (χ4n) is 3.38. The highest BCUT2D eigenvalue weighted by Gasteiger charge is 2.51. The highest BCUT2D eigenvalue weighted by atomic mass is 79.9. The van der Waals surface area contributed by atoms with Gasteiger partial charge in [0.1, 0.15) is 5.54 Å². The molecule has 2 fully saturated rings. The van der Waals surface area contributed by atoms with E-state index in [4.69, 9.17) is 0 Å². The molecule has 128 valence electrons. The molecule has 1 spiro atoms. The zero-order chi connectivity index (χ0) is 17.2. The Hall–Kier alpha value is -1.89. The maximum absolute atomic E-state index is 12.5. The third-order valence-corrected chi connectivity index (χ3v) is 5.36. The summed E-state index contributed by atoms with van der Waals surface area (Å²) in [5.74, 6) is -0.283. The van der Waals surface area contributed by atoms with Crippen molar-refractivity contribution in [2.45, 2.75) is 37.6 Å². The third-order valence-electron chi connectivity index (χ3n) is 4.67. The van der Waals surface area contributed by atoms with Gasteiger partial charge < -0.3 is 10.6 Å². The molecule has 0 bridgehead atoms. The molecule has 2 N–H and O–H groups in total. The van der Waals surface area contributed by atoms with Crippen molar-refractivity contribution in [1.29, 1.82) is 0 Å². The average Bonchev–Trinajstić information content (AvgIpc) is 3.12. The summed E-state index contributed by atoms with van der Waals surface area (Å²) >= 11 is 3.34. The fourth-order valence-corrected chi connectivity index (χ4v) is 3.84. The van der Waals surface area contributed by atoms with Gasteiger partial charge in [-0.3, -0.25) is 14.5 Å². The summed E-state index contributed by atoms with van der Waals surface area (Å²) < 4.78 is 0.736. The maximum Gasteiger partial charge on any atom is 0.325 e. The van der Waals surface area contributed by atoms with Crippen molar-refractivity contribution >= 4 is 33.8 Å². The second kappa shape index (κ2) is 6.93. The van der Waals surface area contributed by atoms with Crippen LogP contribution in [-0.2, 0) is 4.79 Å². The Kier molecular flexibility index (Phi) is 4.89.